The van der Waals surface area contributed by atoms with Crippen molar-refractivity contribution in [1.82, 2.24) is 0 Å². The molecule has 0 aliphatic heterocycles. The molecule has 1 aliphatic rings. The zero-order chi connectivity index (χ0) is 11.5. The Morgan fingerprint density at radius 3 is 2.69 bits per heavy atom. The molecular weight excluding hydrogens is 196 g/mol. The van der Waals surface area contributed by atoms with Gasteiger partial charge in [-0.25, -0.2) is 0 Å². The number of benzene rings is 1. The van der Waals surface area contributed by atoms with Crippen LogP contribution in [0.3, 0.4) is 0 Å². The van der Waals surface area contributed by atoms with Crippen LogP contribution >= 0.6 is 0 Å². The van der Waals surface area contributed by atoms with E-state index in [1.54, 1.807) is 0 Å². The summed E-state index contributed by atoms with van der Waals surface area (Å²) in [6, 6.07) is 6.70. The van der Waals surface area contributed by atoms with Gasteiger partial charge in [0.25, 0.3) is 0 Å². The number of nitrogen functional groups attached to an aromatic ring is 1. The fourth-order valence-corrected chi connectivity index (χ4v) is 2.60. The van der Waals surface area contributed by atoms with Gasteiger partial charge in [-0.1, -0.05) is 31.9 Å². The first-order valence-corrected chi connectivity index (χ1v) is 6.30. The third-order valence-electron chi connectivity index (χ3n) is 3.75. The Balaban J connectivity index is 2.13. The molecular formula is C14H22N2. The number of hydrogen-bond donors (Lipinski definition) is 2. The Hall–Kier alpha value is -1.18. The van der Waals surface area contributed by atoms with Gasteiger partial charge < -0.3 is 11.1 Å². The van der Waals surface area contributed by atoms with Crippen molar-refractivity contribution in [3.63, 3.8) is 0 Å². The first-order valence-electron chi connectivity index (χ1n) is 6.30. The molecule has 2 heteroatoms. The fourth-order valence-electron chi connectivity index (χ4n) is 2.60. The van der Waals surface area contributed by atoms with Crippen LogP contribution in [0.2, 0.25) is 0 Å². The van der Waals surface area contributed by atoms with Crippen molar-refractivity contribution in [3.05, 3.63) is 23.8 Å². The second-order valence-electron chi connectivity index (χ2n) is 5.05. The van der Waals surface area contributed by atoms with E-state index in [-0.39, 0.29) is 0 Å². The molecule has 1 saturated carbocycles. The van der Waals surface area contributed by atoms with Crippen molar-refractivity contribution < 1.29 is 0 Å². The Kier molecular flexibility index (Phi) is 3.37. The van der Waals surface area contributed by atoms with Gasteiger partial charge in [-0.15, -0.1) is 0 Å². The van der Waals surface area contributed by atoms with Crippen LogP contribution in [-0.2, 0) is 0 Å². The molecule has 16 heavy (non-hydrogen) atoms. The lowest BCUT2D eigenvalue weighted by molar-refractivity contribution is 0.349. The summed E-state index contributed by atoms with van der Waals surface area (Å²) in [6.45, 7) is 4.46. The highest BCUT2D eigenvalue weighted by atomic mass is 14.9. The highest BCUT2D eigenvalue weighted by Crippen LogP contribution is 2.30. The zero-order valence-electron chi connectivity index (χ0n) is 10.3. The van der Waals surface area contributed by atoms with Gasteiger partial charge >= 0.3 is 0 Å². The van der Waals surface area contributed by atoms with Crippen molar-refractivity contribution in [1.29, 1.82) is 0 Å². The van der Waals surface area contributed by atoms with Crippen LogP contribution in [0.5, 0.6) is 0 Å². The summed E-state index contributed by atoms with van der Waals surface area (Å²) in [4.78, 5) is 0. The van der Waals surface area contributed by atoms with Gasteiger partial charge in [-0.05, 0) is 37.3 Å². The van der Waals surface area contributed by atoms with Gasteiger partial charge in [-0.2, -0.15) is 0 Å². The van der Waals surface area contributed by atoms with Gasteiger partial charge in [0, 0.05) is 6.04 Å². The molecule has 3 N–H and O–H groups in total. The minimum absolute atomic E-state index is 0.595. The highest BCUT2D eigenvalue weighted by molar-refractivity contribution is 5.70. The smallest absolute Gasteiger partial charge is 0.0605 e. The Morgan fingerprint density at radius 2 is 2.00 bits per heavy atom. The molecule has 0 saturated heterocycles. The molecule has 88 valence electrons. The molecule has 0 spiro atoms. The second kappa shape index (κ2) is 4.77. The average Bonchev–Trinajstić information content (AvgIpc) is 2.26. The minimum atomic E-state index is 0.595. The van der Waals surface area contributed by atoms with Crippen LogP contribution in [0.25, 0.3) is 0 Å². The lowest BCUT2D eigenvalue weighted by Crippen LogP contribution is -2.30. The lowest BCUT2D eigenvalue weighted by Gasteiger charge is -2.31. The van der Waals surface area contributed by atoms with Crippen LogP contribution in [0.1, 0.15) is 38.2 Å². The standard InChI is InChI=1S/C14H22N2/c1-10-6-3-4-9-13(10)16-14-11(2)7-5-8-12(14)15/h5,7-8,10,13,16H,3-4,6,9,15H2,1-2H3. The van der Waals surface area contributed by atoms with E-state index in [1.807, 2.05) is 12.1 Å². The van der Waals surface area contributed by atoms with Crippen LogP contribution in [0.4, 0.5) is 11.4 Å². The van der Waals surface area contributed by atoms with E-state index < -0.39 is 0 Å². The largest absolute Gasteiger partial charge is 0.397 e. The topological polar surface area (TPSA) is 38.0 Å². The first-order chi connectivity index (χ1) is 7.68. The van der Waals surface area contributed by atoms with Gasteiger partial charge in [0.15, 0.2) is 0 Å². The van der Waals surface area contributed by atoms with E-state index in [2.05, 4.69) is 25.2 Å². The summed E-state index contributed by atoms with van der Waals surface area (Å²) in [5.41, 5.74) is 9.28. The van der Waals surface area contributed by atoms with E-state index in [9.17, 15) is 0 Å². The fraction of sp³-hybridized carbons (Fsp3) is 0.571. The number of nitrogens with one attached hydrogen (secondary N) is 1. The predicted molar refractivity (Wildman–Crippen MR) is 70.6 cm³/mol. The average molecular weight is 218 g/mol. The summed E-state index contributed by atoms with van der Waals surface area (Å²) in [5.74, 6) is 0.757. The molecule has 0 heterocycles. The highest BCUT2D eigenvalue weighted by Gasteiger charge is 2.21. The summed E-state index contributed by atoms with van der Waals surface area (Å²) < 4.78 is 0. The maximum Gasteiger partial charge on any atom is 0.0605 e. The van der Waals surface area contributed by atoms with Crippen LogP contribution < -0.4 is 11.1 Å². The maximum atomic E-state index is 6.02. The molecule has 0 radical (unpaired) electrons. The molecule has 2 nitrogen and oxygen atoms in total. The number of aryl methyl sites for hydroxylation is 1. The molecule has 0 bridgehead atoms. The lowest BCUT2D eigenvalue weighted by atomic mass is 9.85. The van der Waals surface area contributed by atoms with Gasteiger partial charge in [0.2, 0.25) is 0 Å². The van der Waals surface area contributed by atoms with Crippen molar-refractivity contribution in [2.24, 2.45) is 5.92 Å². The Morgan fingerprint density at radius 1 is 1.25 bits per heavy atom. The summed E-state index contributed by atoms with van der Waals surface area (Å²) in [5, 5.41) is 3.64. The van der Waals surface area contributed by atoms with Gasteiger partial charge in [0.1, 0.15) is 0 Å². The van der Waals surface area contributed by atoms with Gasteiger partial charge in [0.05, 0.1) is 11.4 Å². The number of anilines is 2. The Labute approximate surface area is 98.2 Å². The van der Waals surface area contributed by atoms with Crippen molar-refractivity contribution in [3.8, 4) is 0 Å². The number of hydrogen-bond acceptors (Lipinski definition) is 2. The molecule has 1 aromatic rings. The quantitative estimate of drug-likeness (QED) is 0.745. The normalized spacial score (nSPS) is 25.4. The van der Waals surface area contributed by atoms with Crippen LogP contribution in [0, 0.1) is 12.8 Å². The summed E-state index contributed by atoms with van der Waals surface area (Å²) in [7, 11) is 0. The monoisotopic (exact) mass is 218 g/mol. The van der Waals surface area contributed by atoms with E-state index in [0.717, 1.165) is 17.3 Å². The summed E-state index contributed by atoms with van der Waals surface area (Å²) in [6.07, 6.45) is 5.33. The van der Waals surface area contributed by atoms with E-state index >= 15 is 0 Å². The number of rotatable bonds is 2. The minimum Gasteiger partial charge on any atom is -0.397 e. The maximum absolute atomic E-state index is 6.02. The molecule has 1 aromatic carbocycles. The number of nitrogens with two attached hydrogens (primary N) is 1. The zero-order valence-corrected chi connectivity index (χ0v) is 10.3. The van der Waals surface area contributed by atoms with E-state index in [4.69, 9.17) is 5.73 Å². The number of para-hydroxylation sites is 1. The molecule has 2 unspecified atom stereocenters. The van der Waals surface area contributed by atoms with Crippen molar-refractivity contribution >= 4 is 11.4 Å². The third-order valence-corrected chi connectivity index (χ3v) is 3.75. The first kappa shape index (κ1) is 11.3. The molecule has 1 fully saturated rings. The van der Waals surface area contributed by atoms with Crippen LogP contribution in [-0.4, -0.2) is 6.04 Å². The molecule has 1 aliphatic carbocycles. The van der Waals surface area contributed by atoms with Crippen molar-refractivity contribution in [2.45, 2.75) is 45.6 Å². The predicted octanol–water partition coefficient (Wildman–Crippen LogP) is 3.57. The van der Waals surface area contributed by atoms with Crippen LogP contribution in [0.15, 0.2) is 18.2 Å². The van der Waals surface area contributed by atoms with E-state index in [0.29, 0.717) is 6.04 Å². The van der Waals surface area contributed by atoms with E-state index in [1.165, 1.54) is 31.2 Å². The van der Waals surface area contributed by atoms with Gasteiger partial charge in [-0.3, -0.25) is 0 Å². The molecule has 0 amide bonds. The van der Waals surface area contributed by atoms with Crippen molar-refractivity contribution in [2.75, 3.05) is 11.1 Å². The third kappa shape index (κ3) is 2.31. The molecule has 0 aromatic heterocycles. The molecule has 2 rings (SSSR count). The Bertz CT molecular complexity index is 340. The summed E-state index contributed by atoms with van der Waals surface area (Å²) >= 11 is 0. The SMILES string of the molecule is Cc1cccc(N)c1NC1CCCCC1C. The molecule has 2 atom stereocenters. The second-order valence-corrected chi connectivity index (χ2v) is 5.05.